The van der Waals surface area contributed by atoms with Crippen LogP contribution < -0.4 is 5.32 Å². The van der Waals surface area contributed by atoms with Crippen LogP contribution in [0.1, 0.15) is 34.8 Å². The Hall–Kier alpha value is -0.860. The number of rotatable bonds is 5. The summed E-state index contributed by atoms with van der Waals surface area (Å²) in [6, 6.07) is 1.36. The second-order valence-corrected chi connectivity index (χ2v) is 5.88. The summed E-state index contributed by atoms with van der Waals surface area (Å²) in [5, 5.41) is 2.37. The third kappa shape index (κ3) is 3.42. The zero-order valence-electron chi connectivity index (χ0n) is 10.5. The van der Waals surface area contributed by atoms with E-state index in [-0.39, 0.29) is 6.04 Å². The molecule has 20 heavy (non-hydrogen) atoms. The highest BCUT2D eigenvalue weighted by Gasteiger charge is 2.35. The van der Waals surface area contributed by atoms with E-state index < -0.39 is 11.2 Å². The van der Waals surface area contributed by atoms with Crippen molar-refractivity contribution in [3.8, 4) is 0 Å². The molecule has 0 amide bonds. The Kier molecular flexibility index (Phi) is 4.87. The maximum absolute atomic E-state index is 12.6. The van der Waals surface area contributed by atoms with Gasteiger partial charge in [-0.3, -0.25) is 0 Å². The molecule has 0 fully saturated rings. The first-order valence-corrected chi connectivity index (χ1v) is 7.53. The van der Waals surface area contributed by atoms with Crippen molar-refractivity contribution in [1.29, 1.82) is 0 Å². The van der Waals surface area contributed by atoms with E-state index in [0.717, 1.165) is 12.0 Å². The summed E-state index contributed by atoms with van der Waals surface area (Å²) in [5.74, 6) is 0. The van der Waals surface area contributed by atoms with Crippen LogP contribution in [0.25, 0.3) is 0 Å². The summed E-state index contributed by atoms with van der Waals surface area (Å²) in [6.07, 6.45) is -0.783. The van der Waals surface area contributed by atoms with Crippen LogP contribution in [0.3, 0.4) is 0 Å². The summed E-state index contributed by atoms with van der Waals surface area (Å²) in [4.78, 5) is 3.97. The van der Waals surface area contributed by atoms with Gasteiger partial charge in [0.05, 0.1) is 12.3 Å². The smallest absolute Gasteiger partial charge is 0.443 e. The summed E-state index contributed by atoms with van der Waals surface area (Å²) in [5.41, 5.74) is 0.760. The van der Waals surface area contributed by atoms with Gasteiger partial charge in [0.1, 0.15) is 0 Å². The summed E-state index contributed by atoms with van der Waals surface area (Å²) in [7, 11) is 0. The minimum absolute atomic E-state index is 0.364. The zero-order valence-corrected chi connectivity index (χ0v) is 12.9. The van der Waals surface area contributed by atoms with Gasteiger partial charge in [-0.1, -0.05) is 6.92 Å². The molecule has 0 aromatic carbocycles. The van der Waals surface area contributed by atoms with E-state index in [0.29, 0.717) is 27.4 Å². The molecule has 0 radical (unpaired) electrons. The van der Waals surface area contributed by atoms with Crippen LogP contribution in [0.2, 0.25) is 0 Å². The van der Waals surface area contributed by atoms with Gasteiger partial charge < -0.3 is 9.73 Å². The zero-order chi connectivity index (χ0) is 14.8. The Balaban J connectivity index is 2.32. The lowest BCUT2D eigenvalue weighted by Crippen LogP contribution is -2.22. The van der Waals surface area contributed by atoms with Crippen LogP contribution in [-0.4, -0.2) is 11.5 Å². The van der Waals surface area contributed by atoms with E-state index in [1.165, 1.54) is 12.5 Å². The second-order valence-electron chi connectivity index (χ2n) is 4.10. The van der Waals surface area contributed by atoms with Gasteiger partial charge in [0.2, 0.25) is 0 Å². The number of alkyl halides is 3. The lowest BCUT2D eigenvalue weighted by Gasteiger charge is -2.15. The third-order valence-corrected chi connectivity index (χ3v) is 4.36. The number of aromatic nitrogens is 1. The van der Waals surface area contributed by atoms with Crippen LogP contribution >= 0.6 is 27.3 Å². The first-order chi connectivity index (χ1) is 9.43. The molecular weight excluding hydrogens is 357 g/mol. The highest BCUT2D eigenvalue weighted by molar-refractivity contribution is 9.10. The Labute approximate surface area is 126 Å². The molecule has 0 spiro atoms. The number of nitrogens with one attached hydrogen (secondary N) is 1. The fourth-order valence-corrected chi connectivity index (χ4v) is 3.06. The lowest BCUT2D eigenvalue weighted by atomic mass is 10.1. The van der Waals surface area contributed by atoms with E-state index in [1.54, 1.807) is 6.07 Å². The van der Waals surface area contributed by atoms with Crippen molar-refractivity contribution in [3.05, 3.63) is 38.6 Å². The van der Waals surface area contributed by atoms with E-state index in [4.69, 9.17) is 4.42 Å². The van der Waals surface area contributed by atoms with Crippen LogP contribution in [-0.2, 0) is 6.18 Å². The highest BCUT2D eigenvalue weighted by atomic mass is 79.9. The molecule has 2 heterocycles. The molecule has 0 aliphatic heterocycles. The van der Waals surface area contributed by atoms with Crippen molar-refractivity contribution in [2.24, 2.45) is 0 Å². The lowest BCUT2D eigenvalue weighted by molar-refractivity contribution is -0.137. The van der Waals surface area contributed by atoms with Crippen molar-refractivity contribution >= 4 is 27.3 Å². The molecule has 0 bridgehead atoms. The third-order valence-electron chi connectivity index (χ3n) is 2.61. The van der Waals surface area contributed by atoms with Crippen LogP contribution in [0.15, 0.2) is 27.6 Å². The van der Waals surface area contributed by atoms with Gasteiger partial charge in [-0.2, -0.15) is 13.2 Å². The molecule has 0 aliphatic rings. The van der Waals surface area contributed by atoms with Crippen molar-refractivity contribution in [1.82, 2.24) is 10.3 Å². The van der Waals surface area contributed by atoms with Crippen molar-refractivity contribution in [2.45, 2.75) is 25.6 Å². The quantitative estimate of drug-likeness (QED) is 0.837. The molecule has 1 atom stereocenters. The molecule has 2 aromatic rings. The summed E-state index contributed by atoms with van der Waals surface area (Å²) < 4.78 is 43.6. The number of halogens is 4. The number of thiazole rings is 1. The molecule has 1 N–H and O–H groups in total. The number of nitrogens with zero attached hydrogens (tertiary/aromatic N) is 1. The molecule has 110 valence electrons. The van der Waals surface area contributed by atoms with Crippen LogP contribution in [0, 0.1) is 0 Å². The maximum Gasteiger partial charge on any atom is 0.443 e. The van der Waals surface area contributed by atoms with Crippen LogP contribution in [0.5, 0.6) is 0 Å². The van der Waals surface area contributed by atoms with Gasteiger partial charge in [0.15, 0.2) is 9.68 Å². The predicted octanol–water partition coefficient (Wildman–Crippen LogP) is 4.61. The highest BCUT2D eigenvalue weighted by Crippen LogP contribution is 2.37. The number of hydrogen-bond donors (Lipinski definition) is 1. The molecule has 1 unspecified atom stereocenters. The minimum atomic E-state index is -4.41. The Bertz CT molecular complexity index is 567. The first-order valence-electron chi connectivity index (χ1n) is 5.92. The molecule has 2 rings (SSSR count). The van der Waals surface area contributed by atoms with Gasteiger partial charge in [-0.25, -0.2) is 4.98 Å². The number of furan rings is 1. The second kappa shape index (κ2) is 6.28. The van der Waals surface area contributed by atoms with E-state index in [9.17, 15) is 13.2 Å². The maximum atomic E-state index is 12.6. The SMILES string of the molecule is CCCNC(c1cnc(C(F)(F)F)s1)c1ccoc1Br. The average molecular weight is 369 g/mol. The first kappa shape index (κ1) is 15.5. The van der Waals surface area contributed by atoms with Gasteiger partial charge in [-0.05, 0) is 35.0 Å². The Morgan fingerprint density at radius 3 is 2.75 bits per heavy atom. The summed E-state index contributed by atoms with van der Waals surface area (Å²) >= 11 is 3.90. The molecule has 0 saturated heterocycles. The van der Waals surface area contributed by atoms with E-state index in [1.807, 2.05) is 6.92 Å². The minimum Gasteiger partial charge on any atom is -0.457 e. The largest absolute Gasteiger partial charge is 0.457 e. The monoisotopic (exact) mass is 368 g/mol. The van der Waals surface area contributed by atoms with Gasteiger partial charge in [0.25, 0.3) is 0 Å². The molecule has 0 aliphatic carbocycles. The molecule has 0 saturated carbocycles. The molecule has 2 aromatic heterocycles. The normalized spacial score (nSPS) is 13.7. The van der Waals surface area contributed by atoms with Crippen LogP contribution in [0.4, 0.5) is 13.2 Å². The van der Waals surface area contributed by atoms with Gasteiger partial charge >= 0.3 is 6.18 Å². The topological polar surface area (TPSA) is 38.1 Å². The van der Waals surface area contributed by atoms with Crippen molar-refractivity contribution in [2.75, 3.05) is 6.54 Å². The van der Waals surface area contributed by atoms with Crippen molar-refractivity contribution < 1.29 is 17.6 Å². The predicted molar refractivity (Wildman–Crippen MR) is 73.7 cm³/mol. The summed E-state index contributed by atoms with van der Waals surface area (Å²) in [6.45, 7) is 2.67. The molecule has 8 heteroatoms. The van der Waals surface area contributed by atoms with Gasteiger partial charge in [0, 0.05) is 16.6 Å². The fraction of sp³-hybridized carbons (Fsp3) is 0.417. The average Bonchev–Trinajstić information content (AvgIpc) is 2.99. The fourth-order valence-electron chi connectivity index (χ4n) is 1.71. The van der Waals surface area contributed by atoms with E-state index in [2.05, 4.69) is 26.2 Å². The molecular formula is C12H12BrF3N2OS. The number of hydrogen-bond acceptors (Lipinski definition) is 4. The van der Waals surface area contributed by atoms with E-state index >= 15 is 0 Å². The standard InChI is InChI=1S/C12H12BrF3N2OS/c1-2-4-17-9(7-3-5-19-10(7)13)8-6-18-11(20-8)12(14,15)16/h3,5-6,9,17H,2,4H2,1H3. The molecule has 3 nitrogen and oxygen atoms in total. The van der Waals surface area contributed by atoms with Gasteiger partial charge in [-0.15, -0.1) is 11.3 Å². The Morgan fingerprint density at radius 1 is 1.50 bits per heavy atom. The Morgan fingerprint density at radius 2 is 2.25 bits per heavy atom. The van der Waals surface area contributed by atoms with Crippen molar-refractivity contribution in [3.63, 3.8) is 0 Å².